The molecule has 0 bridgehead atoms. The van der Waals surface area contributed by atoms with Crippen molar-refractivity contribution in [1.29, 1.82) is 0 Å². The highest BCUT2D eigenvalue weighted by molar-refractivity contribution is 14.1. The first kappa shape index (κ1) is 18.5. The zero-order chi connectivity index (χ0) is 18.2. The Hall–Kier alpha value is -0.340. The first-order chi connectivity index (χ1) is 10.8. The molecule has 1 unspecified atom stereocenters. The molecule has 24 heavy (non-hydrogen) atoms. The van der Waals surface area contributed by atoms with Crippen molar-refractivity contribution < 1.29 is 41.0 Å². The molecule has 12 heteroatoms. The summed E-state index contributed by atoms with van der Waals surface area (Å²) < 4.78 is 83.0. The molecule has 1 saturated carbocycles. The minimum Gasteiger partial charge on any atom is -0.454 e. The van der Waals surface area contributed by atoms with Crippen LogP contribution in [0.3, 0.4) is 0 Å². The first-order valence-corrected chi connectivity index (χ1v) is 8.33. The van der Waals surface area contributed by atoms with Gasteiger partial charge in [0.1, 0.15) is 9.59 Å². The van der Waals surface area contributed by atoms with Gasteiger partial charge in [0.05, 0.1) is 6.17 Å². The summed E-state index contributed by atoms with van der Waals surface area (Å²) in [5, 5.41) is 15.3. The second-order valence-electron chi connectivity index (χ2n) is 6.28. The van der Waals surface area contributed by atoms with Crippen LogP contribution in [-0.4, -0.2) is 50.4 Å². The van der Waals surface area contributed by atoms with Crippen LogP contribution in [0.5, 0.6) is 0 Å². The molecule has 0 radical (unpaired) electrons. The molecule has 0 spiro atoms. The lowest BCUT2D eigenvalue weighted by atomic mass is 9.79. The molecule has 2 saturated heterocycles. The summed E-state index contributed by atoms with van der Waals surface area (Å²) in [7, 11) is 0. The van der Waals surface area contributed by atoms with Crippen LogP contribution in [0.1, 0.15) is 25.7 Å². The van der Waals surface area contributed by atoms with Crippen LogP contribution in [0.25, 0.3) is 0 Å². The number of esters is 1. The van der Waals surface area contributed by atoms with Gasteiger partial charge in [0.2, 0.25) is 0 Å². The molecule has 0 aromatic rings. The fourth-order valence-corrected chi connectivity index (χ4v) is 4.12. The summed E-state index contributed by atoms with van der Waals surface area (Å²) >= 11 is 1.60. The number of hydrogen-bond donors (Lipinski definition) is 3. The number of hydrogen-bond acceptors (Lipinski definition) is 5. The third-order valence-corrected chi connectivity index (χ3v) is 6.34. The maximum Gasteiger partial charge on any atom is 0.430 e. The number of fused-ring (bicyclic) bond motifs is 1. The van der Waals surface area contributed by atoms with Gasteiger partial charge in [0, 0.05) is 0 Å². The molecular formula is C12H13F6IN2O3. The summed E-state index contributed by atoms with van der Waals surface area (Å²) in [5.41, 5.74) is -8.99. The van der Waals surface area contributed by atoms with Gasteiger partial charge in [0.15, 0.2) is 5.60 Å². The number of aliphatic hydroxyl groups is 1. The molecule has 5 nitrogen and oxygen atoms in total. The average Bonchev–Trinajstić information content (AvgIpc) is 3.23. The molecule has 138 valence electrons. The summed E-state index contributed by atoms with van der Waals surface area (Å²) in [6, 6.07) is 0. The molecule has 3 fully saturated rings. The molecule has 2 aliphatic heterocycles. The van der Waals surface area contributed by atoms with E-state index in [-0.39, 0.29) is 19.0 Å². The Morgan fingerprint density at radius 2 is 1.54 bits per heavy atom. The van der Waals surface area contributed by atoms with E-state index in [4.69, 9.17) is 4.74 Å². The van der Waals surface area contributed by atoms with E-state index in [1.54, 1.807) is 22.6 Å². The molecule has 3 N–H and O–H groups in total. The van der Waals surface area contributed by atoms with Crippen molar-refractivity contribution >= 4 is 28.6 Å². The fraction of sp³-hybridized carbons (Fsp3) is 0.917. The van der Waals surface area contributed by atoms with Gasteiger partial charge >= 0.3 is 18.3 Å². The second kappa shape index (κ2) is 5.10. The van der Waals surface area contributed by atoms with Crippen molar-refractivity contribution in [2.75, 3.05) is 0 Å². The van der Waals surface area contributed by atoms with E-state index in [1.165, 1.54) is 0 Å². The van der Waals surface area contributed by atoms with E-state index in [1.807, 2.05) is 0 Å². The Morgan fingerprint density at radius 1 is 1.12 bits per heavy atom. The first-order valence-electron chi connectivity index (χ1n) is 7.09. The van der Waals surface area contributed by atoms with Crippen molar-refractivity contribution in [3.8, 4) is 0 Å². The zero-order valence-corrected chi connectivity index (χ0v) is 14.1. The highest BCUT2D eigenvalue weighted by Gasteiger charge is 2.82. The van der Waals surface area contributed by atoms with Gasteiger partial charge in [-0.15, -0.1) is 0 Å². The van der Waals surface area contributed by atoms with Crippen LogP contribution in [0, 0.1) is 0 Å². The number of ether oxygens (including phenoxy) is 1. The van der Waals surface area contributed by atoms with Crippen molar-refractivity contribution in [1.82, 2.24) is 10.6 Å². The number of carbonyl (C=O) groups is 1. The third kappa shape index (κ3) is 2.35. The van der Waals surface area contributed by atoms with Crippen LogP contribution in [0.2, 0.25) is 0 Å². The third-order valence-electron chi connectivity index (χ3n) is 4.85. The van der Waals surface area contributed by atoms with Gasteiger partial charge in [0.25, 0.3) is 5.60 Å². The number of alkyl halides is 7. The molecule has 2 heterocycles. The highest BCUT2D eigenvalue weighted by atomic mass is 127. The van der Waals surface area contributed by atoms with E-state index in [9.17, 15) is 36.2 Å². The van der Waals surface area contributed by atoms with Crippen molar-refractivity contribution in [2.24, 2.45) is 0 Å². The smallest absolute Gasteiger partial charge is 0.430 e. The quantitative estimate of drug-likeness (QED) is 0.190. The maximum atomic E-state index is 13.2. The predicted molar refractivity (Wildman–Crippen MR) is 74.9 cm³/mol. The summed E-state index contributed by atoms with van der Waals surface area (Å²) in [5.74, 6) is -1.22. The van der Waals surface area contributed by atoms with Gasteiger partial charge in [-0.2, -0.15) is 26.3 Å². The van der Waals surface area contributed by atoms with Crippen molar-refractivity contribution in [3.05, 3.63) is 0 Å². The number of nitrogens with one attached hydrogen (secondary N) is 2. The van der Waals surface area contributed by atoms with Gasteiger partial charge in [-0.05, 0) is 25.7 Å². The molecule has 1 atom stereocenters. The van der Waals surface area contributed by atoms with Crippen LogP contribution >= 0.6 is 22.6 Å². The van der Waals surface area contributed by atoms with E-state index >= 15 is 0 Å². The molecule has 1 aliphatic carbocycles. The van der Waals surface area contributed by atoms with E-state index in [2.05, 4.69) is 10.6 Å². The van der Waals surface area contributed by atoms with Crippen molar-refractivity contribution in [2.45, 2.75) is 65.0 Å². The number of carbonyl (C=O) groups excluding carboxylic acids is 1. The lowest BCUT2D eigenvalue weighted by Crippen LogP contribution is -2.71. The van der Waals surface area contributed by atoms with Crippen LogP contribution in [-0.2, 0) is 9.53 Å². The standard InChI is InChI=1S/C12H13F6IN2O3/c13-11(14,15)10(23,12(16,17)18)8(3-1-2-4-8)24-6(22)5(19)9-7(20-9)21-9/h5,7,20-21,23H,1-4H2. The minimum atomic E-state index is -6.03. The minimum absolute atomic E-state index is 0.0159. The van der Waals surface area contributed by atoms with Crippen molar-refractivity contribution in [3.63, 3.8) is 0 Å². The molecule has 3 aliphatic rings. The summed E-state index contributed by atoms with van der Waals surface area (Å²) in [6.45, 7) is 0. The highest BCUT2D eigenvalue weighted by Crippen LogP contribution is 2.57. The second-order valence-corrected chi connectivity index (χ2v) is 7.53. The van der Waals surface area contributed by atoms with Gasteiger partial charge in [-0.1, -0.05) is 22.6 Å². The van der Waals surface area contributed by atoms with E-state index in [0.717, 1.165) is 0 Å². The Morgan fingerprint density at radius 3 is 1.88 bits per heavy atom. The monoisotopic (exact) mass is 474 g/mol. The summed E-state index contributed by atoms with van der Waals surface area (Å²) in [4.78, 5) is 12.2. The average molecular weight is 474 g/mol. The lowest BCUT2D eigenvalue weighted by molar-refractivity contribution is -0.411. The molecule has 3 rings (SSSR count). The largest absolute Gasteiger partial charge is 0.454 e. The fourth-order valence-electron chi connectivity index (χ4n) is 3.28. The van der Waals surface area contributed by atoms with Gasteiger partial charge in [-0.3, -0.25) is 15.4 Å². The Bertz CT molecular complexity index is 540. The maximum absolute atomic E-state index is 13.2. The Labute approximate surface area is 145 Å². The molecule has 0 aromatic carbocycles. The van der Waals surface area contributed by atoms with E-state index in [0.29, 0.717) is 0 Å². The van der Waals surface area contributed by atoms with E-state index < -0.39 is 52.0 Å². The topological polar surface area (TPSA) is 90.4 Å². The van der Waals surface area contributed by atoms with Gasteiger partial charge in [-0.25, -0.2) is 0 Å². The van der Waals surface area contributed by atoms with Crippen LogP contribution < -0.4 is 10.6 Å². The predicted octanol–water partition coefficient (Wildman–Crippen LogP) is 1.73. The summed E-state index contributed by atoms with van der Waals surface area (Å²) in [6.07, 6.45) is -13.7. The van der Waals surface area contributed by atoms with Crippen LogP contribution in [0.4, 0.5) is 26.3 Å². The molecule has 0 aromatic heterocycles. The zero-order valence-electron chi connectivity index (χ0n) is 11.9. The normalized spacial score (nSPS) is 32.9. The van der Waals surface area contributed by atoms with Gasteiger partial charge < -0.3 is 9.84 Å². The Kier molecular flexibility index (Phi) is 3.92. The molecule has 0 amide bonds. The Balaban J connectivity index is 1.93. The number of rotatable bonds is 4. The lowest BCUT2D eigenvalue weighted by Gasteiger charge is -2.45. The van der Waals surface area contributed by atoms with Crippen LogP contribution in [0.15, 0.2) is 0 Å². The SMILES string of the molecule is O=C(OC1(C(O)(C(F)(F)F)C(F)(F)F)CCCC1)C(I)C12NC1N2. The molecular weight excluding hydrogens is 461 g/mol. The number of halogens is 7.